The van der Waals surface area contributed by atoms with Crippen LogP contribution in [0.15, 0.2) is 36.5 Å². The van der Waals surface area contributed by atoms with Crippen molar-refractivity contribution < 1.29 is 4.39 Å². The van der Waals surface area contributed by atoms with Crippen LogP contribution in [0.2, 0.25) is 10.0 Å². The predicted octanol–water partition coefficient (Wildman–Crippen LogP) is 4.81. The molecule has 1 unspecified atom stereocenters. The molecule has 2 nitrogen and oxygen atoms in total. The van der Waals surface area contributed by atoms with E-state index in [4.69, 9.17) is 23.2 Å². The molecule has 1 aromatic carbocycles. The van der Waals surface area contributed by atoms with Gasteiger partial charge in [-0.1, -0.05) is 43.1 Å². The molecule has 0 radical (unpaired) electrons. The van der Waals surface area contributed by atoms with Gasteiger partial charge < -0.3 is 5.32 Å². The summed E-state index contributed by atoms with van der Waals surface area (Å²) in [5.41, 5.74) is 1.77. The van der Waals surface area contributed by atoms with Crippen LogP contribution in [0.5, 0.6) is 0 Å². The van der Waals surface area contributed by atoms with Crippen molar-refractivity contribution in [2.75, 3.05) is 0 Å². The summed E-state index contributed by atoms with van der Waals surface area (Å²) in [6.07, 6.45) is 1.89. The van der Waals surface area contributed by atoms with E-state index in [2.05, 4.69) is 24.1 Å². The molecule has 5 heteroatoms. The number of aromatic nitrogens is 1. The Morgan fingerprint density at radius 1 is 1.19 bits per heavy atom. The minimum absolute atomic E-state index is 0.0377. The molecule has 0 amide bonds. The van der Waals surface area contributed by atoms with E-state index in [9.17, 15) is 4.39 Å². The Bertz CT molecular complexity index is 600. The second-order valence-electron chi connectivity index (χ2n) is 5.22. The summed E-state index contributed by atoms with van der Waals surface area (Å²) in [5, 5.41) is 4.66. The van der Waals surface area contributed by atoms with Gasteiger partial charge in [-0.3, -0.25) is 4.98 Å². The highest BCUT2D eigenvalue weighted by Gasteiger charge is 2.16. The van der Waals surface area contributed by atoms with Crippen molar-refractivity contribution in [3.63, 3.8) is 0 Å². The van der Waals surface area contributed by atoms with Crippen LogP contribution in [-0.2, 0) is 6.42 Å². The minimum Gasteiger partial charge on any atom is -0.306 e. The maximum atomic E-state index is 13.0. The Morgan fingerprint density at radius 2 is 1.95 bits per heavy atom. The van der Waals surface area contributed by atoms with Crippen LogP contribution in [0, 0.1) is 5.82 Å². The number of hydrogen-bond acceptors (Lipinski definition) is 2. The third-order valence-corrected chi connectivity index (χ3v) is 3.67. The number of halogens is 3. The molecule has 1 atom stereocenters. The molecule has 2 aromatic rings. The first-order valence-electron chi connectivity index (χ1n) is 6.77. The van der Waals surface area contributed by atoms with Gasteiger partial charge in [0.15, 0.2) is 0 Å². The first-order chi connectivity index (χ1) is 9.95. The van der Waals surface area contributed by atoms with Crippen LogP contribution in [-0.4, -0.2) is 11.0 Å². The van der Waals surface area contributed by atoms with Gasteiger partial charge in [0, 0.05) is 16.1 Å². The summed E-state index contributed by atoms with van der Waals surface area (Å²) >= 11 is 12.1. The normalized spacial score (nSPS) is 12.7. The summed E-state index contributed by atoms with van der Waals surface area (Å²) in [6.45, 7) is 4.11. The fourth-order valence-electron chi connectivity index (χ4n) is 2.15. The van der Waals surface area contributed by atoms with Gasteiger partial charge in [0.05, 0.1) is 17.9 Å². The van der Waals surface area contributed by atoms with Crippen LogP contribution < -0.4 is 5.32 Å². The molecule has 21 heavy (non-hydrogen) atoms. The predicted molar refractivity (Wildman–Crippen MR) is 85.4 cm³/mol. The van der Waals surface area contributed by atoms with Gasteiger partial charge >= 0.3 is 0 Å². The van der Waals surface area contributed by atoms with E-state index in [0.717, 1.165) is 11.3 Å². The third-order valence-electron chi connectivity index (χ3n) is 3.08. The number of rotatable bonds is 5. The summed E-state index contributed by atoms with van der Waals surface area (Å²) in [5.74, 6) is -0.341. The highest BCUT2D eigenvalue weighted by molar-refractivity contribution is 6.35. The van der Waals surface area contributed by atoms with Crippen LogP contribution in [0.3, 0.4) is 0 Å². The smallest absolute Gasteiger partial charge is 0.141 e. The van der Waals surface area contributed by atoms with Crippen LogP contribution in [0.25, 0.3) is 0 Å². The van der Waals surface area contributed by atoms with E-state index >= 15 is 0 Å². The van der Waals surface area contributed by atoms with Crippen LogP contribution in [0.1, 0.15) is 31.1 Å². The molecule has 1 aromatic heterocycles. The lowest BCUT2D eigenvalue weighted by Gasteiger charge is -2.21. The molecule has 1 N–H and O–H groups in total. The van der Waals surface area contributed by atoms with Gasteiger partial charge in [-0.15, -0.1) is 0 Å². The molecule has 0 spiro atoms. The lowest BCUT2D eigenvalue weighted by molar-refractivity contribution is 0.464. The quantitative estimate of drug-likeness (QED) is 0.852. The number of nitrogens with one attached hydrogen (secondary N) is 1. The molecule has 0 aliphatic heterocycles. The van der Waals surface area contributed by atoms with E-state index in [1.165, 1.54) is 12.3 Å². The number of benzene rings is 1. The van der Waals surface area contributed by atoms with Gasteiger partial charge in [0.1, 0.15) is 5.82 Å². The Morgan fingerprint density at radius 3 is 2.52 bits per heavy atom. The molecule has 0 saturated carbocycles. The first-order valence-corrected chi connectivity index (χ1v) is 7.52. The second-order valence-corrected chi connectivity index (χ2v) is 6.06. The zero-order chi connectivity index (χ0) is 15.4. The van der Waals surface area contributed by atoms with Gasteiger partial charge in [-0.2, -0.15) is 0 Å². The van der Waals surface area contributed by atoms with E-state index in [0.29, 0.717) is 16.5 Å². The first kappa shape index (κ1) is 16.2. The van der Waals surface area contributed by atoms with Gasteiger partial charge in [-0.25, -0.2) is 4.39 Å². The van der Waals surface area contributed by atoms with Crippen LogP contribution in [0.4, 0.5) is 4.39 Å². The molecular formula is C16H17Cl2FN2. The van der Waals surface area contributed by atoms with E-state index in [1.54, 1.807) is 12.1 Å². The molecule has 0 aliphatic rings. The van der Waals surface area contributed by atoms with Crippen molar-refractivity contribution >= 4 is 23.2 Å². The summed E-state index contributed by atoms with van der Waals surface area (Å²) in [6, 6.07) is 8.79. The van der Waals surface area contributed by atoms with Crippen LogP contribution >= 0.6 is 23.2 Å². The third kappa shape index (κ3) is 4.67. The monoisotopic (exact) mass is 326 g/mol. The highest BCUT2D eigenvalue weighted by atomic mass is 35.5. The number of pyridine rings is 1. The lowest BCUT2D eigenvalue weighted by atomic mass is 10.0. The van der Waals surface area contributed by atoms with Crippen molar-refractivity contribution in [2.45, 2.75) is 32.4 Å². The highest BCUT2D eigenvalue weighted by Crippen LogP contribution is 2.26. The molecular weight excluding hydrogens is 310 g/mol. The molecule has 2 rings (SSSR count). The molecule has 112 valence electrons. The molecule has 0 fully saturated rings. The Hall–Kier alpha value is -1.16. The second kappa shape index (κ2) is 7.21. The average Bonchev–Trinajstić information content (AvgIpc) is 2.41. The van der Waals surface area contributed by atoms with Crippen molar-refractivity contribution in [1.82, 2.24) is 10.3 Å². The summed E-state index contributed by atoms with van der Waals surface area (Å²) in [4.78, 5) is 4.17. The fraction of sp³-hybridized carbons (Fsp3) is 0.312. The fourth-order valence-corrected chi connectivity index (χ4v) is 2.64. The zero-order valence-corrected chi connectivity index (χ0v) is 13.4. The van der Waals surface area contributed by atoms with Gasteiger partial charge in [-0.05, 0) is 36.2 Å². The van der Waals surface area contributed by atoms with Crippen molar-refractivity contribution in [1.29, 1.82) is 0 Å². The van der Waals surface area contributed by atoms with E-state index in [-0.39, 0.29) is 17.9 Å². The Balaban J connectivity index is 2.25. The molecule has 0 bridgehead atoms. The number of nitrogens with zero attached hydrogens (tertiary/aromatic N) is 1. The number of hydrogen-bond donors (Lipinski definition) is 1. The van der Waals surface area contributed by atoms with E-state index in [1.807, 2.05) is 12.1 Å². The Labute approximate surface area is 134 Å². The maximum absolute atomic E-state index is 13.0. The minimum atomic E-state index is -0.341. The van der Waals surface area contributed by atoms with Crippen molar-refractivity contribution in [3.8, 4) is 0 Å². The molecule has 0 aliphatic carbocycles. The molecule has 0 saturated heterocycles. The van der Waals surface area contributed by atoms with Crippen molar-refractivity contribution in [2.24, 2.45) is 0 Å². The Kier molecular flexibility index (Phi) is 5.57. The van der Waals surface area contributed by atoms with Gasteiger partial charge in [0.25, 0.3) is 0 Å². The molecule has 1 heterocycles. The topological polar surface area (TPSA) is 24.9 Å². The summed E-state index contributed by atoms with van der Waals surface area (Å²) < 4.78 is 13.0. The summed E-state index contributed by atoms with van der Waals surface area (Å²) in [7, 11) is 0. The standard InChI is InChI=1S/C16H17Cl2FN2/c1-10(2)21-16(15-6-5-13(19)9-20-15)7-11-3-4-12(17)8-14(11)18/h3-6,8-10,16,21H,7H2,1-2H3. The maximum Gasteiger partial charge on any atom is 0.141 e. The largest absolute Gasteiger partial charge is 0.306 e. The average molecular weight is 327 g/mol. The SMILES string of the molecule is CC(C)NC(Cc1ccc(Cl)cc1Cl)c1ccc(F)cn1. The van der Waals surface area contributed by atoms with Gasteiger partial charge in [0.2, 0.25) is 0 Å². The lowest BCUT2D eigenvalue weighted by Crippen LogP contribution is -2.30. The zero-order valence-electron chi connectivity index (χ0n) is 11.9. The van der Waals surface area contributed by atoms with E-state index < -0.39 is 0 Å². The van der Waals surface area contributed by atoms with Crippen molar-refractivity contribution in [3.05, 3.63) is 63.6 Å².